The third-order valence-electron chi connectivity index (χ3n) is 3.45. The van der Waals surface area contributed by atoms with Gasteiger partial charge in [-0.3, -0.25) is 4.79 Å². The van der Waals surface area contributed by atoms with Gasteiger partial charge in [0.15, 0.2) is 0 Å². The zero-order valence-electron chi connectivity index (χ0n) is 11.6. The Bertz CT molecular complexity index is 499. The summed E-state index contributed by atoms with van der Waals surface area (Å²) < 4.78 is 38.0. The Labute approximate surface area is 127 Å². The second-order valence-corrected chi connectivity index (χ2v) is 5.02. The Hall–Kier alpha value is -1.27. The average molecular weight is 323 g/mol. The molecule has 1 saturated heterocycles. The van der Waals surface area contributed by atoms with Gasteiger partial charge in [0.05, 0.1) is 11.6 Å². The van der Waals surface area contributed by atoms with E-state index in [2.05, 4.69) is 10.6 Å². The van der Waals surface area contributed by atoms with E-state index in [1.807, 2.05) is 0 Å². The molecule has 0 radical (unpaired) electrons. The van der Waals surface area contributed by atoms with Gasteiger partial charge in [-0.2, -0.15) is 13.2 Å². The Morgan fingerprint density at radius 1 is 1.33 bits per heavy atom. The predicted molar refractivity (Wildman–Crippen MR) is 77.7 cm³/mol. The number of nitrogens with one attached hydrogen (secondary N) is 2. The fourth-order valence-corrected chi connectivity index (χ4v) is 2.23. The van der Waals surface area contributed by atoms with E-state index in [0.29, 0.717) is 12.0 Å². The number of aryl methyl sites for hydroxylation is 1. The molecule has 0 bridgehead atoms. The highest BCUT2D eigenvalue weighted by atomic mass is 35.5. The number of hydrogen-bond donors (Lipinski definition) is 2. The summed E-state index contributed by atoms with van der Waals surface area (Å²) in [4.78, 5) is 12.0. The van der Waals surface area contributed by atoms with Gasteiger partial charge < -0.3 is 10.6 Å². The van der Waals surface area contributed by atoms with E-state index in [1.54, 1.807) is 6.92 Å². The van der Waals surface area contributed by atoms with E-state index in [9.17, 15) is 18.0 Å². The molecule has 0 unspecified atom stereocenters. The minimum Gasteiger partial charge on any atom is -0.324 e. The van der Waals surface area contributed by atoms with Crippen molar-refractivity contribution in [3.63, 3.8) is 0 Å². The molecular weight excluding hydrogens is 305 g/mol. The summed E-state index contributed by atoms with van der Waals surface area (Å²) in [5, 5.41) is 5.66. The highest BCUT2D eigenvalue weighted by molar-refractivity contribution is 5.95. The van der Waals surface area contributed by atoms with E-state index in [-0.39, 0.29) is 30.0 Å². The standard InChI is InChI=1S/C14H17F3N2O.ClH/c1-9-5-6-10(14(15,16)17)8-12(9)19-13(20)11-4-2-3-7-18-11;/h5-6,8,11,18H,2-4,7H2,1H3,(H,19,20);1H/t11-;/m1./s1. The van der Waals surface area contributed by atoms with Crippen molar-refractivity contribution < 1.29 is 18.0 Å². The molecule has 0 saturated carbocycles. The first-order valence-electron chi connectivity index (χ1n) is 6.60. The molecule has 7 heteroatoms. The number of halogens is 4. The van der Waals surface area contributed by atoms with Crippen molar-refractivity contribution >= 4 is 24.0 Å². The summed E-state index contributed by atoms with van der Waals surface area (Å²) in [5.41, 5.74) is 0.0781. The maximum absolute atomic E-state index is 12.7. The van der Waals surface area contributed by atoms with Gasteiger partial charge in [-0.25, -0.2) is 0 Å². The maximum atomic E-state index is 12.7. The number of amides is 1. The van der Waals surface area contributed by atoms with Crippen LogP contribution < -0.4 is 10.6 Å². The lowest BCUT2D eigenvalue weighted by molar-refractivity contribution is -0.137. The van der Waals surface area contributed by atoms with Crippen LogP contribution in [0.25, 0.3) is 0 Å². The number of carbonyl (C=O) groups is 1. The SMILES string of the molecule is Cc1ccc(C(F)(F)F)cc1NC(=O)[C@H]1CCCCN1.Cl. The van der Waals surface area contributed by atoms with E-state index >= 15 is 0 Å². The largest absolute Gasteiger partial charge is 0.416 e. The van der Waals surface area contributed by atoms with Gasteiger partial charge in [0.1, 0.15) is 0 Å². The van der Waals surface area contributed by atoms with Crippen LogP contribution in [0.5, 0.6) is 0 Å². The molecule has 1 fully saturated rings. The summed E-state index contributed by atoms with van der Waals surface area (Å²) >= 11 is 0. The number of carbonyl (C=O) groups excluding carboxylic acids is 1. The van der Waals surface area contributed by atoms with Crippen molar-refractivity contribution in [2.75, 3.05) is 11.9 Å². The Morgan fingerprint density at radius 3 is 2.62 bits per heavy atom. The lowest BCUT2D eigenvalue weighted by atomic mass is 10.0. The average Bonchev–Trinajstić information content (AvgIpc) is 2.41. The van der Waals surface area contributed by atoms with Crippen LogP contribution in [0.4, 0.5) is 18.9 Å². The van der Waals surface area contributed by atoms with Crippen LogP contribution in [0, 0.1) is 6.92 Å². The first-order valence-corrected chi connectivity index (χ1v) is 6.60. The molecule has 1 atom stereocenters. The fraction of sp³-hybridized carbons (Fsp3) is 0.500. The van der Waals surface area contributed by atoms with Crippen molar-refractivity contribution in [1.82, 2.24) is 5.32 Å². The van der Waals surface area contributed by atoms with Gasteiger partial charge in [0, 0.05) is 5.69 Å². The Morgan fingerprint density at radius 2 is 2.05 bits per heavy atom. The van der Waals surface area contributed by atoms with Crippen LogP contribution in [0.15, 0.2) is 18.2 Å². The molecule has 1 heterocycles. The van der Waals surface area contributed by atoms with Crippen LogP contribution in [-0.4, -0.2) is 18.5 Å². The molecule has 1 amide bonds. The second kappa shape index (κ2) is 7.13. The van der Waals surface area contributed by atoms with Gasteiger partial charge in [0.2, 0.25) is 5.91 Å². The molecular formula is C14H18ClF3N2O. The fourth-order valence-electron chi connectivity index (χ4n) is 2.23. The molecule has 3 nitrogen and oxygen atoms in total. The number of piperidine rings is 1. The minimum absolute atomic E-state index is 0. The molecule has 1 aromatic rings. The molecule has 2 N–H and O–H groups in total. The Balaban J connectivity index is 0.00000220. The van der Waals surface area contributed by atoms with Crippen molar-refractivity contribution in [2.45, 2.75) is 38.4 Å². The number of rotatable bonds is 2. The molecule has 118 valence electrons. The first kappa shape index (κ1) is 17.8. The van der Waals surface area contributed by atoms with E-state index in [0.717, 1.165) is 31.5 Å². The highest BCUT2D eigenvalue weighted by Crippen LogP contribution is 2.32. The lowest BCUT2D eigenvalue weighted by Crippen LogP contribution is -2.43. The molecule has 21 heavy (non-hydrogen) atoms. The van der Waals surface area contributed by atoms with Crippen LogP contribution in [-0.2, 0) is 11.0 Å². The molecule has 1 aromatic carbocycles. The second-order valence-electron chi connectivity index (χ2n) is 5.02. The van der Waals surface area contributed by atoms with Gasteiger partial charge in [-0.15, -0.1) is 12.4 Å². The lowest BCUT2D eigenvalue weighted by Gasteiger charge is -2.23. The van der Waals surface area contributed by atoms with Crippen LogP contribution in [0.2, 0.25) is 0 Å². The van der Waals surface area contributed by atoms with Crippen molar-refractivity contribution in [3.8, 4) is 0 Å². The predicted octanol–water partition coefficient (Wildman–Crippen LogP) is 3.52. The molecule has 1 aliphatic rings. The normalized spacial score (nSPS) is 18.8. The van der Waals surface area contributed by atoms with Crippen LogP contribution >= 0.6 is 12.4 Å². The van der Waals surface area contributed by atoms with Gasteiger partial charge in [0.25, 0.3) is 0 Å². The van der Waals surface area contributed by atoms with E-state index in [4.69, 9.17) is 0 Å². The topological polar surface area (TPSA) is 41.1 Å². The summed E-state index contributed by atoms with van der Waals surface area (Å²) in [7, 11) is 0. The molecule has 0 aliphatic carbocycles. The molecule has 0 spiro atoms. The number of anilines is 1. The molecule has 1 aliphatic heterocycles. The number of hydrogen-bond acceptors (Lipinski definition) is 2. The summed E-state index contributed by atoms with van der Waals surface area (Å²) in [6.07, 6.45) is -1.72. The molecule has 0 aromatic heterocycles. The zero-order chi connectivity index (χ0) is 14.8. The minimum atomic E-state index is -4.41. The van der Waals surface area contributed by atoms with Crippen molar-refractivity contribution in [3.05, 3.63) is 29.3 Å². The van der Waals surface area contributed by atoms with Gasteiger partial charge in [-0.1, -0.05) is 12.5 Å². The Kier molecular flexibility index (Phi) is 6.04. The van der Waals surface area contributed by atoms with Gasteiger partial charge >= 0.3 is 6.18 Å². The molecule has 2 rings (SSSR count). The third-order valence-corrected chi connectivity index (χ3v) is 3.45. The maximum Gasteiger partial charge on any atom is 0.416 e. The van der Waals surface area contributed by atoms with E-state index in [1.165, 1.54) is 6.07 Å². The highest BCUT2D eigenvalue weighted by Gasteiger charge is 2.31. The first-order chi connectivity index (χ1) is 9.38. The van der Waals surface area contributed by atoms with Crippen molar-refractivity contribution in [2.24, 2.45) is 0 Å². The summed E-state index contributed by atoms with van der Waals surface area (Å²) in [6, 6.07) is 3.05. The number of alkyl halides is 3. The van der Waals surface area contributed by atoms with Crippen LogP contribution in [0.1, 0.15) is 30.4 Å². The third kappa shape index (κ3) is 4.61. The van der Waals surface area contributed by atoms with E-state index < -0.39 is 11.7 Å². The smallest absolute Gasteiger partial charge is 0.324 e. The van der Waals surface area contributed by atoms with Crippen molar-refractivity contribution in [1.29, 1.82) is 0 Å². The zero-order valence-corrected chi connectivity index (χ0v) is 12.4. The quantitative estimate of drug-likeness (QED) is 0.874. The van der Waals surface area contributed by atoms with Crippen LogP contribution in [0.3, 0.4) is 0 Å². The van der Waals surface area contributed by atoms with Gasteiger partial charge in [-0.05, 0) is 44.0 Å². The summed E-state index contributed by atoms with van der Waals surface area (Å²) in [5.74, 6) is -0.271. The monoisotopic (exact) mass is 322 g/mol. The number of benzene rings is 1. The summed E-state index contributed by atoms with van der Waals surface area (Å²) in [6.45, 7) is 2.43.